The van der Waals surface area contributed by atoms with Gasteiger partial charge in [-0.05, 0) is 6.42 Å². The van der Waals surface area contributed by atoms with E-state index >= 15 is 0 Å². The molecule has 0 aromatic heterocycles. The molecule has 0 aliphatic heterocycles. The lowest BCUT2D eigenvalue weighted by atomic mass is 10.1. The van der Waals surface area contributed by atoms with Gasteiger partial charge < -0.3 is 9.79 Å². The monoisotopic (exact) mass is 328 g/mol. The standard InChI is InChI=1S/C12H26O6P2/c1-2-3-4-5-6-7-8-9-10-11-12(19(13,14)15)20(16,17)18/h12H,2-11H2,1H3,(H,13,14)(H,16,17). The van der Waals surface area contributed by atoms with E-state index in [2.05, 4.69) is 6.92 Å². The number of rotatable bonds is 12. The lowest BCUT2D eigenvalue weighted by Gasteiger charge is -2.16. The molecule has 8 heteroatoms. The zero-order chi connectivity index (χ0) is 15.6. The fourth-order valence-electron chi connectivity index (χ4n) is 2.15. The van der Waals surface area contributed by atoms with Gasteiger partial charge in [-0.1, -0.05) is 64.7 Å². The van der Waals surface area contributed by atoms with Crippen LogP contribution in [0.2, 0.25) is 0 Å². The predicted octanol–water partition coefficient (Wildman–Crippen LogP) is 4.47. The van der Waals surface area contributed by atoms with Crippen molar-refractivity contribution in [3.63, 3.8) is 0 Å². The Morgan fingerprint density at radius 2 is 1.10 bits per heavy atom. The first-order chi connectivity index (χ1) is 9.19. The van der Waals surface area contributed by atoms with Gasteiger partial charge >= 0.3 is 15.2 Å². The molecule has 0 spiro atoms. The van der Waals surface area contributed by atoms with Crippen molar-refractivity contribution in [2.45, 2.75) is 76.5 Å². The molecule has 0 saturated carbocycles. The van der Waals surface area contributed by atoms with Crippen molar-refractivity contribution >= 4 is 15.2 Å². The number of hydrogen-bond donors (Lipinski definition) is 2. The quantitative estimate of drug-likeness (QED) is 0.406. The van der Waals surface area contributed by atoms with Crippen LogP contribution in [0.1, 0.15) is 71.1 Å². The van der Waals surface area contributed by atoms with Gasteiger partial charge in [-0.25, -0.2) is 0 Å². The van der Waals surface area contributed by atoms with Crippen molar-refractivity contribution in [2.24, 2.45) is 0 Å². The maximum Gasteiger partial charge on any atom is 0.371 e. The Kier molecular flexibility index (Phi) is 10.2. The second kappa shape index (κ2) is 10.1. The molecule has 0 aliphatic carbocycles. The van der Waals surface area contributed by atoms with Crippen molar-refractivity contribution in [1.29, 1.82) is 0 Å². The molecule has 2 N–H and O–H groups in total. The molecule has 0 aromatic carbocycles. The first kappa shape index (κ1) is 20.3. The molecule has 6 nitrogen and oxygen atoms in total. The van der Waals surface area contributed by atoms with E-state index in [9.17, 15) is 18.9 Å². The smallest absolute Gasteiger partial charge is 0.322 e. The molecule has 2 radical (unpaired) electrons. The average Bonchev–Trinajstić information content (AvgIpc) is 2.28. The van der Waals surface area contributed by atoms with Crippen molar-refractivity contribution in [1.82, 2.24) is 0 Å². The SMILES string of the molecule is CCCCCCCCCCCC(P([O])(=O)O)P([O])(=O)O. The van der Waals surface area contributed by atoms with Gasteiger partial charge in [0.25, 0.3) is 0 Å². The summed E-state index contributed by atoms with van der Waals surface area (Å²) in [5.74, 6) is 0. The highest BCUT2D eigenvalue weighted by Crippen LogP contribution is 2.62. The lowest BCUT2D eigenvalue weighted by Crippen LogP contribution is -2.07. The molecule has 0 amide bonds. The van der Waals surface area contributed by atoms with Crippen LogP contribution in [0, 0.1) is 0 Å². The third-order valence-electron chi connectivity index (χ3n) is 3.32. The molecule has 0 aromatic rings. The van der Waals surface area contributed by atoms with Crippen LogP contribution < -0.4 is 0 Å². The highest BCUT2D eigenvalue weighted by Gasteiger charge is 2.45. The summed E-state index contributed by atoms with van der Waals surface area (Å²) < 4.78 is 21.8. The second-order valence-corrected chi connectivity index (χ2v) is 9.14. The molecule has 0 bridgehead atoms. The molecular formula is C12H26O6P2. The lowest BCUT2D eigenvalue weighted by molar-refractivity contribution is 0.285. The molecule has 0 fully saturated rings. The maximum absolute atomic E-state index is 10.9. The van der Waals surface area contributed by atoms with Crippen molar-refractivity contribution < 1.29 is 28.7 Å². The Bertz CT molecular complexity index is 313. The summed E-state index contributed by atoms with van der Waals surface area (Å²) in [6.45, 7) is 2.15. The average molecular weight is 328 g/mol. The van der Waals surface area contributed by atoms with E-state index in [1.165, 1.54) is 25.7 Å². The Hall–Kier alpha value is 0.300. The van der Waals surface area contributed by atoms with E-state index in [-0.39, 0.29) is 6.42 Å². The van der Waals surface area contributed by atoms with Crippen LogP contribution in [-0.2, 0) is 18.9 Å². The zero-order valence-corrected chi connectivity index (χ0v) is 13.9. The van der Waals surface area contributed by atoms with Crippen molar-refractivity contribution in [3.8, 4) is 0 Å². The van der Waals surface area contributed by atoms with Crippen LogP contribution in [-0.4, -0.2) is 15.2 Å². The van der Waals surface area contributed by atoms with Gasteiger partial charge in [0.15, 0.2) is 5.40 Å². The van der Waals surface area contributed by atoms with Gasteiger partial charge in [0.1, 0.15) is 0 Å². The fraction of sp³-hybridized carbons (Fsp3) is 1.00. The van der Waals surface area contributed by atoms with E-state index in [0.717, 1.165) is 19.3 Å². The van der Waals surface area contributed by atoms with Crippen LogP contribution in [0.3, 0.4) is 0 Å². The first-order valence-corrected chi connectivity index (χ1v) is 10.6. The summed E-state index contributed by atoms with van der Waals surface area (Å²) in [5.41, 5.74) is 0. The zero-order valence-electron chi connectivity index (χ0n) is 12.1. The highest BCUT2D eigenvalue weighted by molar-refractivity contribution is 7.70. The third-order valence-corrected chi connectivity index (χ3v) is 7.09. The summed E-state index contributed by atoms with van der Waals surface area (Å²) in [5, 5.41) is -2.06. The van der Waals surface area contributed by atoms with Crippen LogP contribution in [0.4, 0.5) is 0 Å². The molecule has 0 saturated heterocycles. The van der Waals surface area contributed by atoms with Crippen LogP contribution in [0.25, 0.3) is 0 Å². The number of hydrogen-bond acceptors (Lipinski definition) is 2. The minimum absolute atomic E-state index is 0.246. The summed E-state index contributed by atoms with van der Waals surface area (Å²) >= 11 is 0. The Morgan fingerprint density at radius 1 is 0.750 bits per heavy atom. The molecule has 0 rings (SSSR count). The van der Waals surface area contributed by atoms with Gasteiger partial charge in [-0.2, -0.15) is 0 Å². The van der Waals surface area contributed by atoms with Gasteiger partial charge in [0.05, 0.1) is 0 Å². The topological polar surface area (TPSA) is 114 Å². The van der Waals surface area contributed by atoms with Gasteiger partial charge in [-0.3, -0.25) is 9.13 Å². The van der Waals surface area contributed by atoms with Crippen molar-refractivity contribution in [2.75, 3.05) is 0 Å². The third kappa shape index (κ3) is 10.1. The van der Waals surface area contributed by atoms with Crippen molar-refractivity contribution in [3.05, 3.63) is 0 Å². The van der Waals surface area contributed by atoms with E-state index in [0.29, 0.717) is 12.8 Å². The minimum atomic E-state index is -5.05. The summed E-state index contributed by atoms with van der Waals surface area (Å²) in [6, 6.07) is 0. The van der Waals surface area contributed by atoms with Crippen LogP contribution in [0.15, 0.2) is 0 Å². The Morgan fingerprint density at radius 3 is 1.45 bits per heavy atom. The predicted molar refractivity (Wildman–Crippen MR) is 76.7 cm³/mol. The number of unbranched alkanes of at least 4 members (excludes halogenated alkanes) is 8. The normalized spacial score (nSPS) is 13.1. The minimum Gasteiger partial charge on any atom is -0.322 e. The van der Waals surface area contributed by atoms with E-state index < -0.39 is 20.6 Å². The van der Waals surface area contributed by atoms with E-state index in [1.54, 1.807) is 0 Å². The highest BCUT2D eigenvalue weighted by atomic mass is 31.2. The maximum atomic E-state index is 10.9. The molecule has 120 valence electrons. The Labute approximate surface area is 121 Å². The van der Waals surface area contributed by atoms with E-state index in [4.69, 9.17) is 9.79 Å². The van der Waals surface area contributed by atoms with Gasteiger partial charge in [0, 0.05) is 0 Å². The summed E-state index contributed by atoms with van der Waals surface area (Å²) in [7, 11) is -10.1. The molecule has 2 atom stereocenters. The second-order valence-electron chi connectivity index (χ2n) is 5.23. The largest absolute Gasteiger partial charge is 0.371 e. The summed E-state index contributed by atoms with van der Waals surface area (Å²) in [4.78, 5) is 39.4. The molecule has 2 unspecified atom stereocenters. The van der Waals surface area contributed by atoms with E-state index in [1.807, 2.05) is 0 Å². The summed E-state index contributed by atoms with van der Waals surface area (Å²) in [6.07, 6.45) is 8.75. The first-order valence-electron chi connectivity index (χ1n) is 7.26. The molecule has 0 aliphatic rings. The Balaban J connectivity index is 3.77. The molecular weight excluding hydrogens is 302 g/mol. The fourth-order valence-corrected chi connectivity index (χ4v) is 4.64. The van der Waals surface area contributed by atoms with Crippen LogP contribution >= 0.6 is 15.2 Å². The van der Waals surface area contributed by atoms with Gasteiger partial charge in [-0.15, -0.1) is 9.79 Å². The molecule has 0 heterocycles. The van der Waals surface area contributed by atoms with Gasteiger partial charge in [0.2, 0.25) is 0 Å². The molecule has 20 heavy (non-hydrogen) atoms. The van der Waals surface area contributed by atoms with Crippen LogP contribution in [0.5, 0.6) is 0 Å².